The Morgan fingerprint density at radius 3 is 2.07 bits per heavy atom. The van der Waals surface area contributed by atoms with E-state index >= 15 is 0 Å². The third kappa shape index (κ3) is 3.94. The molecule has 0 aromatic heterocycles. The zero-order valence-corrected chi connectivity index (χ0v) is 10.3. The molecule has 78 valence electrons. The van der Waals surface area contributed by atoms with E-state index in [1.54, 1.807) is 7.11 Å². The number of benzene rings is 1. The van der Waals surface area contributed by atoms with Crippen LogP contribution in [0.15, 0.2) is 24.3 Å². The van der Waals surface area contributed by atoms with Crippen molar-refractivity contribution in [3.8, 4) is 5.75 Å². The fourth-order valence-corrected chi connectivity index (χ4v) is 1.62. The highest BCUT2D eigenvalue weighted by Gasteiger charge is 2.13. The van der Waals surface area contributed by atoms with Crippen molar-refractivity contribution in [3.63, 3.8) is 0 Å². The van der Waals surface area contributed by atoms with Gasteiger partial charge in [0.05, 0.1) is 13.7 Å². The molecule has 14 heavy (non-hydrogen) atoms. The molecule has 0 atom stereocenters. The highest BCUT2D eigenvalue weighted by Crippen LogP contribution is 2.14. The Morgan fingerprint density at radius 2 is 1.64 bits per heavy atom. The van der Waals surface area contributed by atoms with Crippen LogP contribution in [-0.4, -0.2) is 15.4 Å². The molecule has 0 spiro atoms. The average Bonchev–Trinajstić information content (AvgIpc) is 2.14. The molecule has 0 saturated carbocycles. The van der Waals surface area contributed by atoms with Gasteiger partial charge in [0.25, 0.3) is 0 Å². The van der Waals surface area contributed by atoms with Crippen LogP contribution >= 0.6 is 0 Å². The van der Waals surface area contributed by atoms with Crippen LogP contribution in [0.3, 0.4) is 0 Å². The normalized spacial score (nSPS) is 11.4. The molecular weight excluding hydrogens is 192 g/mol. The smallest absolute Gasteiger partial charge is 0.184 e. The predicted octanol–water partition coefficient (Wildman–Crippen LogP) is 3.05. The standard InChI is InChI=1S/C11H18O2Si/c1-12-11-7-5-10(6-8-11)9-13-14(2,3)4/h5-8H,9H2,1-4H3. The second kappa shape index (κ2) is 4.62. The van der Waals surface area contributed by atoms with Gasteiger partial charge in [-0.25, -0.2) is 0 Å². The quantitative estimate of drug-likeness (QED) is 0.711. The molecule has 2 nitrogen and oxygen atoms in total. The molecule has 0 aliphatic heterocycles. The Kier molecular flexibility index (Phi) is 3.72. The topological polar surface area (TPSA) is 18.5 Å². The van der Waals surface area contributed by atoms with Crippen molar-refractivity contribution >= 4 is 8.32 Å². The molecule has 0 amide bonds. The lowest BCUT2D eigenvalue weighted by Crippen LogP contribution is -2.24. The summed E-state index contributed by atoms with van der Waals surface area (Å²) >= 11 is 0. The van der Waals surface area contributed by atoms with E-state index in [9.17, 15) is 0 Å². The van der Waals surface area contributed by atoms with E-state index < -0.39 is 8.32 Å². The molecule has 0 radical (unpaired) electrons. The third-order valence-electron chi connectivity index (χ3n) is 1.83. The number of methoxy groups -OCH3 is 1. The summed E-state index contributed by atoms with van der Waals surface area (Å²) in [6.07, 6.45) is 0. The van der Waals surface area contributed by atoms with Gasteiger partial charge in [-0.15, -0.1) is 0 Å². The molecule has 0 saturated heterocycles. The third-order valence-corrected chi connectivity index (χ3v) is 2.84. The van der Waals surface area contributed by atoms with Crippen LogP contribution in [0.2, 0.25) is 19.6 Å². The summed E-state index contributed by atoms with van der Waals surface area (Å²) in [4.78, 5) is 0. The van der Waals surface area contributed by atoms with Crippen LogP contribution in [0.25, 0.3) is 0 Å². The lowest BCUT2D eigenvalue weighted by atomic mass is 10.2. The van der Waals surface area contributed by atoms with Gasteiger partial charge in [0, 0.05) is 0 Å². The van der Waals surface area contributed by atoms with Crippen LogP contribution in [0.4, 0.5) is 0 Å². The van der Waals surface area contributed by atoms with E-state index in [1.165, 1.54) is 5.56 Å². The van der Waals surface area contributed by atoms with Gasteiger partial charge in [0.2, 0.25) is 0 Å². The summed E-state index contributed by atoms with van der Waals surface area (Å²) in [5, 5.41) is 0. The molecule has 0 bridgehead atoms. The molecule has 1 aromatic rings. The van der Waals surface area contributed by atoms with Crippen molar-refractivity contribution in [3.05, 3.63) is 29.8 Å². The lowest BCUT2D eigenvalue weighted by molar-refractivity contribution is 0.299. The maximum Gasteiger partial charge on any atom is 0.184 e. The molecule has 0 unspecified atom stereocenters. The second-order valence-corrected chi connectivity index (χ2v) is 8.76. The molecule has 0 fully saturated rings. The second-order valence-electron chi connectivity index (χ2n) is 4.25. The van der Waals surface area contributed by atoms with Gasteiger partial charge in [0.15, 0.2) is 8.32 Å². The molecule has 0 aliphatic rings. The van der Waals surface area contributed by atoms with Crippen molar-refractivity contribution < 1.29 is 9.16 Å². The molecular formula is C11H18O2Si. The Hall–Kier alpha value is -0.803. The van der Waals surface area contributed by atoms with Gasteiger partial charge in [0.1, 0.15) is 5.75 Å². The van der Waals surface area contributed by atoms with Gasteiger partial charge in [-0.2, -0.15) is 0 Å². The average molecular weight is 210 g/mol. The first-order valence-electron chi connectivity index (χ1n) is 4.78. The van der Waals surface area contributed by atoms with E-state index in [0.717, 1.165) is 5.75 Å². The number of ether oxygens (including phenoxy) is 1. The Morgan fingerprint density at radius 1 is 1.07 bits per heavy atom. The molecule has 0 heterocycles. The van der Waals surface area contributed by atoms with Gasteiger partial charge in [-0.1, -0.05) is 12.1 Å². The maximum absolute atomic E-state index is 5.79. The lowest BCUT2D eigenvalue weighted by Gasteiger charge is -2.17. The highest BCUT2D eigenvalue weighted by atomic mass is 28.4. The monoisotopic (exact) mass is 210 g/mol. The van der Waals surface area contributed by atoms with Gasteiger partial charge < -0.3 is 9.16 Å². The van der Waals surface area contributed by atoms with Gasteiger partial charge >= 0.3 is 0 Å². The number of rotatable bonds is 4. The van der Waals surface area contributed by atoms with Gasteiger partial charge in [-0.3, -0.25) is 0 Å². The van der Waals surface area contributed by atoms with Gasteiger partial charge in [-0.05, 0) is 37.3 Å². The number of hydrogen-bond donors (Lipinski definition) is 0. The fraction of sp³-hybridized carbons (Fsp3) is 0.455. The van der Waals surface area contributed by atoms with Crippen molar-refractivity contribution in [2.45, 2.75) is 26.2 Å². The summed E-state index contributed by atoms with van der Waals surface area (Å²) in [6, 6.07) is 8.00. The highest BCUT2D eigenvalue weighted by molar-refractivity contribution is 6.69. The zero-order valence-electron chi connectivity index (χ0n) is 9.33. The Bertz CT molecular complexity index is 274. The maximum atomic E-state index is 5.79. The summed E-state index contributed by atoms with van der Waals surface area (Å²) < 4.78 is 10.9. The largest absolute Gasteiger partial charge is 0.497 e. The van der Waals surface area contributed by atoms with Crippen LogP contribution in [0.1, 0.15) is 5.56 Å². The molecule has 1 rings (SSSR count). The van der Waals surface area contributed by atoms with Crippen molar-refractivity contribution in [2.24, 2.45) is 0 Å². The zero-order chi connectivity index (χ0) is 10.6. The Labute approximate surface area is 87.0 Å². The first-order valence-corrected chi connectivity index (χ1v) is 8.19. The first kappa shape index (κ1) is 11.3. The first-order chi connectivity index (χ1) is 6.51. The minimum atomic E-state index is -1.39. The van der Waals surface area contributed by atoms with E-state index in [-0.39, 0.29) is 0 Å². The number of hydrogen-bond acceptors (Lipinski definition) is 2. The van der Waals surface area contributed by atoms with Crippen molar-refractivity contribution in [1.29, 1.82) is 0 Å². The summed E-state index contributed by atoms with van der Waals surface area (Å²) in [6.45, 7) is 7.28. The van der Waals surface area contributed by atoms with E-state index in [4.69, 9.17) is 9.16 Å². The molecule has 1 aromatic carbocycles. The van der Waals surface area contributed by atoms with Crippen LogP contribution in [-0.2, 0) is 11.0 Å². The fourth-order valence-electron chi connectivity index (χ4n) is 1.02. The summed E-state index contributed by atoms with van der Waals surface area (Å²) in [5.41, 5.74) is 1.20. The Balaban J connectivity index is 2.52. The minimum absolute atomic E-state index is 0.708. The predicted molar refractivity (Wildman–Crippen MR) is 61.1 cm³/mol. The van der Waals surface area contributed by atoms with E-state index in [2.05, 4.69) is 19.6 Å². The minimum Gasteiger partial charge on any atom is -0.497 e. The van der Waals surface area contributed by atoms with Crippen molar-refractivity contribution in [2.75, 3.05) is 7.11 Å². The van der Waals surface area contributed by atoms with Crippen LogP contribution in [0, 0.1) is 0 Å². The summed E-state index contributed by atoms with van der Waals surface area (Å²) in [7, 11) is 0.281. The van der Waals surface area contributed by atoms with Crippen LogP contribution in [0.5, 0.6) is 5.75 Å². The molecule has 0 aliphatic carbocycles. The molecule has 0 N–H and O–H groups in total. The van der Waals surface area contributed by atoms with E-state index in [1.807, 2.05) is 24.3 Å². The van der Waals surface area contributed by atoms with E-state index in [0.29, 0.717) is 6.61 Å². The molecule has 3 heteroatoms. The van der Waals surface area contributed by atoms with Crippen LogP contribution < -0.4 is 4.74 Å². The summed E-state index contributed by atoms with van der Waals surface area (Å²) in [5.74, 6) is 0.891. The van der Waals surface area contributed by atoms with Crippen molar-refractivity contribution in [1.82, 2.24) is 0 Å². The SMILES string of the molecule is COc1ccc(CO[Si](C)(C)C)cc1.